The Balaban J connectivity index is 2.32. The topological polar surface area (TPSA) is 34.0 Å². The number of quaternary nitrogens is 1. The molecule has 0 saturated carbocycles. The van der Waals surface area contributed by atoms with Gasteiger partial charge in [-0.05, 0) is 12.1 Å². The van der Waals surface area contributed by atoms with Crippen LogP contribution in [0.4, 0.5) is 19.0 Å². The van der Waals surface area contributed by atoms with Gasteiger partial charge in [0, 0.05) is 0 Å². The number of hydrogen-bond donors (Lipinski definition) is 1. The SMILES string of the molecule is FC(F)(F)c1ccc[nH+]c1N1CC[NH2+]CC1. The van der Waals surface area contributed by atoms with Crippen molar-refractivity contribution >= 4 is 5.82 Å². The predicted molar refractivity (Wildman–Crippen MR) is 51.9 cm³/mol. The maximum Gasteiger partial charge on any atom is 0.424 e. The van der Waals surface area contributed by atoms with Gasteiger partial charge >= 0.3 is 6.18 Å². The fourth-order valence-electron chi connectivity index (χ4n) is 1.89. The molecule has 88 valence electrons. The molecule has 0 spiro atoms. The standard InChI is InChI=1S/C10H12F3N3/c11-10(12,13)8-2-1-3-15-9(8)16-6-4-14-5-7-16/h1-3,14H,4-7H2/p+2. The molecule has 3 nitrogen and oxygen atoms in total. The predicted octanol–water partition coefficient (Wildman–Crippen LogP) is -0.0971. The molecule has 1 fully saturated rings. The van der Waals surface area contributed by atoms with Crippen LogP contribution in [0.25, 0.3) is 0 Å². The van der Waals surface area contributed by atoms with Crippen molar-refractivity contribution in [3.05, 3.63) is 23.9 Å². The number of aromatic amines is 1. The molecule has 1 aromatic heterocycles. The highest BCUT2D eigenvalue weighted by Gasteiger charge is 2.39. The third-order valence-electron chi connectivity index (χ3n) is 2.66. The van der Waals surface area contributed by atoms with Gasteiger partial charge in [-0.2, -0.15) is 13.2 Å². The highest BCUT2D eigenvalue weighted by molar-refractivity contribution is 5.43. The number of aromatic nitrogens is 1. The van der Waals surface area contributed by atoms with E-state index in [1.807, 2.05) is 0 Å². The second kappa shape index (κ2) is 4.29. The van der Waals surface area contributed by atoms with Crippen LogP contribution >= 0.6 is 0 Å². The summed E-state index contributed by atoms with van der Waals surface area (Å²) in [5.74, 6) is 0.183. The molecule has 16 heavy (non-hydrogen) atoms. The van der Waals surface area contributed by atoms with Crippen LogP contribution in [0.5, 0.6) is 0 Å². The van der Waals surface area contributed by atoms with Crippen molar-refractivity contribution in [2.45, 2.75) is 6.18 Å². The zero-order valence-corrected chi connectivity index (χ0v) is 8.72. The Hall–Kier alpha value is -1.30. The van der Waals surface area contributed by atoms with Gasteiger partial charge in [-0.3, -0.25) is 0 Å². The third kappa shape index (κ3) is 2.27. The van der Waals surface area contributed by atoms with Crippen molar-refractivity contribution in [2.24, 2.45) is 0 Å². The molecule has 3 N–H and O–H groups in total. The number of pyridine rings is 1. The molecular formula is C10H14F3N3+2. The van der Waals surface area contributed by atoms with E-state index in [0.717, 1.165) is 19.2 Å². The smallest absolute Gasteiger partial charge is 0.340 e. The number of H-pyrrole nitrogens is 1. The Kier molecular flexibility index (Phi) is 3.00. The highest BCUT2D eigenvalue weighted by atomic mass is 19.4. The minimum Gasteiger partial charge on any atom is -0.340 e. The van der Waals surface area contributed by atoms with Crippen LogP contribution in [0.3, 0.4) is 0 Å². The number of alkyl halides is 3. The molecule has 6 heteroatoms. The Bertz CT molecular complexity index is 359. The van der Waals surface area contributed by atoms with E-state index < -0.39 is 11.7 Å². The lowest BCUT2D eigenvalue weighted by atomic mass is 10.2. The molecule has 0 atom stereocenters. The summed E-state index contributed by atoms with van der Waals surface area (Å²) in [5, 5.41) is 2.10. The average Bonchev–Trinajstić information content (AvgIpc) is 2.29. The highest BCUT2D eigenvalue weighted by Crippen LogP contribution is 2.33. The van der Waals surface area contributed by atoms with Gasteiger partial charge in [-0.15, -0.1) is 0 Å². The number of nitrogens with two attached hydrogens (primary N) is 1. The minimum absolute atomic E-state index is 0.183. The van der Waals surface area contributed by atoms with E-state index in [-0.39, 0.29) is 5.82 Å². The van der Waals surface area contributed by atoms with Crippen molar-refractivity contribution in [1.82, 2.24) is 0 Å². The molecule has 0 radical (unpaired) electrons. The lowest BCUT2D eigenvalue weighted by molar-refractivity contribution is -0.656. The van der Waals surface area contributed by atoms with Gasteiger partial charge in [0.05, 0.1) is 6.20 Å². The second-order valence-corrected chi connectivity index (χ2v) is 3.78. The van der Waals surface area contributed by atoms with Gasteiger partial charge < -0.3 is 5.32 Å². The molecule has 2 rings (SSSR count). The van der Waals surface area contributed by atoms with E-state index in [2.05, 4.69) is 10.3 Å². The van der Waals surface area contributed by atoms with Crippen molar-refractivity contribution < 1.29 is 23.5 Å². The summed E-state index contributed by atoms with van der Waals surface area (Å²) < 4.78 is 38.2. The van der Waals surface area contributed by atoms with Gasteiger partial charge in [-0.1, -0.05) is 0 Å². The first-order valence-electron chi connectivity index (χ1n) is 5.23. The van der Waals surface area contributed by atoms with E-state index in [1.54, 1.807) is 4.90 Å². The number of piperazine rings is 1. The number of hydrogen-bond acceptors (Lipinski definition) is 1. The molecular weight excluding hydrogens is 219 g/mol. The molecule has 1 aromatic rings. The first-order chi connectivity index (χ1) is 7.59. The Morgan fingerprint density at radius 1 is 1.25 bits per heavy atom. The summed E-state index contributed by atoms with van der Waals surface area (Å²) >= 11 is 0. The van der Waals surface area contributed by atoms with Crippen LogP contribution in [0.2, 0.25) is 0 Å². The van der Waals surface area contributed by atoms with Crippen LogP contribution in [-0.2, 0) is 6.18 Å². The summed E-state index contributed by atoms with van der Waals surface area (Å²) in [6.07, 6.45) is -2.77. The summed E-state index contributed by atoms with van der Waals surface area (Å²) in [6.45, 7) is 2.95. The van der Waals surface area contributed by atoms with Gasteiger partial charge in [-0.25, -0.2) is 9.88 Å². The summed E-state index contributed by atoms with van der Waals surface area (Å²) in [5.41, 5.74) is -0.586. The van der Waals surface area contributed by atoms with E-state index in [0.29, 0.717) is 13.1 Å². The van der Waals surface area contributed by atoms with E-state index in [9.17, 15) is 13.2 Å². The lowest BCUT2D eigenvalue weighted by Crippen LogP contribution is -2.90. The molecule has 0 amide bonds. The number of rotatable bonds is 1. The largest absolute Gasteiger partial charge is 0.424 e. The number of halogens is 3. The second-order valence-electron chi connectivity index (χ2n) is 3.78. The Morgan fingerprint density at radius 2 is 1.94 bits per heavy atom. The van der Waals surface area contributed by atoms with E-state index in [1.165, 1.54) is 12.3 Å². The van der Waals surface area contributed by atoms with E-state index >= 15 is 0 Å². The molecule has 0 aliphatic carbocycles. The Labute approximate surface area is 91.3 Å². The minimum atomic E-state index is -4.30. The lowest BCUT2D eigenvalue weighted by Gasteiger charge is -2.21. The van der Waals surface area contributed by atoms with Gasteiger partial charge in [0.1, 0.15) is 31.7 Å². The van der Waals surface area contributed by atoms with Crippen molar-refractivity contribution in [3.63, 3.8) is 0 Å². The molecule has 1 saturated heterocycles. The number of nitrogens with zero attached hydrogens (tertiary/aromatic N) is 1. The number of nitrogens with one attached hydrogen (secondary N) is 1. The zero-order chi connectivity index (χ0) is 11.6. The van der Waals surface area contributed by atoms with E-state index in [4.69, 9.17) is 0 Å². The van der Waals surface area contributed by atoms with Crippen LogP contribution in [0.1, 0.15) is 5.56 Å². The quantitative estimate of drug-likeness (QED) is 0.722. The van der Waals surface area contributed by atoms with Crippen LogP contribution in [0.15, 0.2) is 18.3 Å². The maximum atomic E-state index is 12.7. The van der Waals surface area contributed by atoms with Crippen LogP contribution < -0.4 is 15.2 Å². The van der Waals surface area contributed by atoms with Crippen LogP contribution in [0, 0.1) is 0 Å². The molecule has 2 heterocycles. The normalized spacial score (nSPS) is 17.6. The molecule has 0 aromatic carbocycles. The molecule has 1 aliphatic heterocycles. The monoisotopic (exact) mass is 233 g/mol. The van der Waals surface area contributed by atoms with Crippen molar-refractivity contribution in [3.8, 4) is 0 Å². The first-order valence-corrected chi connectivity index (χ1v) is 5.23. The fourth-order valence-corrected chi connectivity index (χ4v) is 1.89. The van der Waals surface area contributed by atoms with Gasteiger partial charge in [0.25, 0.3) is 5.82 Å². The van der Waals surface area contributed by atoms with Crippen molar-refractivity contribution in [2.75, 3.05) is 31.1 Å². The summed E-state index contributed by atoms with van der Waals surface area (Å²) in [4.78, 5) is 4.46. The molecule has 0 unspecified atom stereocenters. The molecule has 1 aliphatic rings. The first kappa shape index (κ1) is 11.2. The van der Waals surface area contributed by atoms with Gasteiger partial charge in [0.15, 0.2) is 0 Å². The summed E-state index contributed by atoms with van der Waals surface area (Å²) in [6, 6.07) is 2.49. The Morgan fingerprint density at radius 3 is 2.56 bits per heavy atom. The molecule has 0 bridgehead atoms. The van der Waals surface area contributed by atoms with Crippen molar-refractivity contribution in [1.29, 1.82) is 0 Å². The van der Waals surface area contributed by atoms with Gasteiger partial charge in [0.2, 0.25) is 0 Å². The third-order valence-corrected chi connectivity index (χ3v) is 2.66. The fraction of sp³-hybridized carbons (Fsp3) is 0.500. The average molecular weight is 233 g/mol. The maximum absolute atomic E-state index is 12.7. The zero-order valence-electron chi connectivity index (χ0n) is 8.72. The summed E-state index contributed by atoms with van der Waals surface area (Å²) in [7, 11) is 0. The van der Waals surface area contributed by atoms with Crippen LogP contribution in [-0.4, -0.2) is 26.2 Å². The number of anilines is 1.